The second-order valence-electron chi connectivity index (χ2n) is 7.75. The van der Waals surface area contributed by atoms with Gasteiger partial charge in [-0.3, -0.25) is 0 Å². The number of aromatic nitrogens is 2. The average molecular weight is 445 g/mol. The Morgan fingerprint density at radius 2 is 1.56 bits per heavy atom. The third kappa shape index (κ3) is 4.29. The maximum Gasteiger partial charge on any atom is 0.173 e. The van der Waals surface area contributed by atoms with Gasteiger partial charge in [-0.25, -0.2) is 9.97 Å². The van der Waals surface area contributed by atoms with E-state index in [0.29, 0.717) is 24.1 Å². The van der Waals surface area contributed by atoms with Crippen molar-refractivity contribution in [2.45, 2.75) is 19.9 Å². The van der Waals surface area contributed by atoms with Gasteiger partial charge >= 0.3 is 0 Å². The molecule has 0 unspecified atom stereocenters. The SMILES string of the molecule is CCCN(Cc1ccccc1)C(=S)Nc1ccc2nc3cc4c(cc3nc2c1)OCCO4. The van der Waals surface area contributed by atoms with Crippen molar-refractivity contribution in [2.75, 3.05) is 25.1 Å². The van der Waals surface area contributed by atoms with E-state index in [0.717, 1.165) is 53.0 Å². The third-order valence-electron chi connectivity index (χ3n) is 5.34. The van der Waals surface area contributed by atoms with E-state index in [-0.39, 0.29) is 0 Å². The van der Waals surface area contributed by atoms with E-state index in [1.54, 1.807) is 0 Å². The zero-order valence-electron chi connectivity index (χ0n) is 17.9. The first-order valence-electron chi connectivity index (χ1n) is 10.8. The first-order chi connectivity index (χ1) is 15.7. The molecular weight excluding hydrogens is 420 g/mol. The van der Waals surface area contributed by atoms with Crippen molar-refractivity contribution in [3.8, 4) is 11.5 Å². The smallest absolute Gasteiger partial charge is 0.173 e. The van der Waals surface area contributed by atoms with Crippen LogP contribution >= 0.6 is 12.2 Å². The molecule has 1 aliphatic rings. The molecule has 7 heteroatoms. The standard InChI is InChI=1S/C25H24N4O2S/c1-2-10-29(16-17-6-4-3-5-7-17)25(32)26-18-8-9-19-20(13-18)28-22-15-24-23(14-21(22)27-19)30-11-12-31-24/h3-9,13-15H,2,10-12,16H2,1H3,(H,26,32). The van der Waals surface area contributed by atoms with Crippen LogP contribution < -0.4 is 14.8 Å². The second-order valence-corrected chi connectivity index (χ2v) is 8.14. The van der Waals surface area contributed by atoms with E-state index >= 15 is 0 Å². The number of rotatable bonds is 5. The molecule has 3 aromatic carbocycles. The van der Waals surface area contributed by atoms with Crippen LogP contribution in [0.2, 0.25) is 0 Å². The Labute approximate surface area is 192 Å². The maximum atomic E-state index is 5.74. The van der Waals surface area contributed by atoms with E-state index in [4.69, 9.17) is 31.7 Å². The van der Waals surface area contributed by atoms with Crippen LogP contribution in [-0.2, 0) is 6.54 Å². The summed E-state index contributed by atoms with van der Waals surface area (Å²) in [6, 6.07) is 20.1. The number of nitrogens with one attached hydrogen (secondary N) is 1. The Balaban J connectivity index is 1.40. The van der Waals surface area contributed by atoms with Gasteiger partial charge in [-0.15, -0.1) is 0 Å². The van der Waals surface area contributed by atoms with Gasteiger partial charge in [-0.1, -0.05) is 37.3 Å². The fraction of sp³-hybridized carbons (Fsp3) is 0.240. The zero-order valence-corrected chi connectivity index (χ0v) is 18.7. The average Bonchev–Trinajstić information content (AvgIpc) is 2.82. The Bertz CT molecular complexity index is 1280. The van der Waals surface area contributed by atoms with Crippen molar-refractivity contribution in [3.05, 3.63) is 66.2 Å². The molecule has 0 fully saturated rings. The largest absolute Gasteiger partial charge is 0.486 e. The summed E-state index contributed by atoms with van der Waals surface area (Å²) in [5.74, 6) is 1.43. The summed E-state index contributed by atoms with van der Waals surface area (Å²) in [5.41, 5.74) is 5.30. The predicted octanol–water partition coefficient (Wildman–Crippen LogP) is 5.16. The molecule has 0 atom stereocenters. The fourth-order valence-electron chi connectivity index (χ4n) is 3.82. The summed E-state index contributed by atoms with van der Waals surface area (Å²) >= 11 is 5.74. The highest BCUT2D eigenvalue weighted by molar-refractivity contribution is 7.80. The van der Waals surface area contributed by atoms with Crippen LogP contribution in [0.15, 0.2) is 60.7 Å². The van der Waals surface area contributed by atoms with E-state index < -0.39 is 0 Å². The van der Waals surface area contributed by atoms with Gasteiger partial charge in [0.05, 0.1) is 22.1 Å². The summed E-state index contributed by atoms with van der Waals surface area (Å²) in [7, 11) is 0. The number of ether oxygens (including phenoxy) is 2. The fourth-order valence-corrected chi connectivity index (χ4v) is 4.09. The minimum Gasteiger partial charge on any atom is -0.486 e. The van der Waals surface area contributed by atoms with Gasteiger partial charge in [0.25, 0.3) is 0 Å². The summed E-state index contributed by atoms with van der Waals surface area (Å²) in [5, 5.41) is 4.08. The number of benzene rings is 3. The molecule has 0 radical (unpaired) electrons. The van der Waals surface area contributed by atoms with Crippen molar-refractivity contribution in [1.29, 1.82) is 0 Å². The highest BCUT2D eigenvalue weighted by Gasteiger charge is 2.15. The molecule has 1 aliphatic heterocycles. The molecular formula is C25H24N4O2S. The van der Waals surface area contributed by atoms with Crippen LogP contribution in [0.1, 0.15) is 18.9 Å². The van der Waals surface area contributed by atoms with Gasteiger partial charge in [0, 0.05) is 30.9 Å². The molecule has 1 aromatic heterocycles. The molecule has 6 nitrogen and oxygen atoms in total. The van der Waals surface area contributed by atoms with E-state index in [9.17, 15) is 0 Å². The van der Waals surface area contributed by atoms with Crippen LogP contribution in [0.4, 0.5) is 5.69 Å². The Morgan fingerprint density at radius 1 is 0.906 bits per heavy atom. The molecule has 162 valence electrons. The van der Waals surface area contributed by atoms with E-state index in [1.165, 1.54) is 5.56 Å². The quantitative estimate of drug-likeness (QED) is 0.337. The molecule has 1 N–H and O–H groups in total. The number of nitrogens with zero attached hydrogens (tertiary/aromatic N) is 3. The number of fused-ring (bicyclic) bond motifs is 3. The van der Waals surface area contributed by atoms with Crippen LogP contribution in [-0.4, -0.2) is 39.7 Å². The predicted molar refractivity (Wildman–Crippen MR) is 131 cm³/mol. The Morgan fingerprint density at radius 3 is 2.25 bits per heavy atom. The Kier molecular flexibility index (Phi) is 5.73. The van der Waals surface area contributed by atoms with Gasteiger partial charge in [0.15, 0.2) is 16.6 Å². The van der Waals surface area contributed by atoms with Crippen molar-refractivity contribution in [2.24, 2.45) is 0 Å². The first kappa shape index (κ1) is 20.5. The molecule has 0 spiro atoms. The molecule has 5 rings (SSSR count). The molecule has 2 heterocycles. The van der Waals surface area contributed by atoms with Crippen molar-refractivity contribution in [3.63, 3.8) is 0 Å². The maximum absolute atomic E-state index is 5.74. The highest BCUT2D eigenvalue weighted by Crippen LogP contribution is 2.34. The lowest BCUT2D eigenvalue weighted by molar-refractivity contribution is 0.172. The van der Waals surface area contributed by atoms with Gasteiger partial charge in [0.2, 0.25) is 0 Å². The Hall–Kier alpha value is -3.45. The zero-order chi connectivity index (χ0) is 21.9. The van der Waals surface area contributed by atoms with Crippen molar-refractivity contribution in [1.82, 2.24) is 14.9 Å². The minimum absolute atomic E-state index is 0.544. The summed E-state index contributed by atoms with van der Waals surface area (Å²) in [4.78, 5) is 11.8. The normalized spacial score (nSPS) is 12.7. The molecule has 0 saturated heterocycles. The van der Waals surface area contributed by atoms with E-state index in [2.05, 4.69) is 41.4 Å². The topological polar surface area (TPSA) is 59.5 Å². The summed E-state index contributed by atoms with van der Waals surface area (Å²) in [6.07, 6.45) is 1.01. The third-order valence-corrected chi connectivity index (χ3v) is 5.71. The summed E-state index contributed by atoms with van der Waals surface area (Å²) < 4.78 is 11.4. The number of anilines is 1. The number of thiocarbonyl (C=S) groups is 1. The molecule has 32 heavy (non-hydrogen) atoms. The molecule has 0 bridgehead atoms. The molecule has 0 aliphatic carbocycles. The van der Waals surface area contributed by atoms with Crippen LogP contribution in [0.3, 0.4) is 0 Å². The summed E-state index contributed by atoms with van der Waals surface area (Å²) in [6.45, 7) is 4.90. The number of hydrogen-bond donors (Lipinski definition) is 1. The van der Waals surface area contributed by atoms with Gasteiger partial charge in [-0.2, -0.15) is 0 Å². The minimum atomic E-state index is 0.544. The van der Waals surface area contributed by atoms with Crippen molar-refractivity contribution < 1.29 is 9.47 Å². The van der Waals surface area contributed by atoms with Gasteiger partial charge in [-0.05, 0) is 42.4 Å². The van der Waals surface area contributed by atoms with Gasteiger partial charge < -0.3 is 19.7 Å². The first-order valence-corrected chi connectivity index (χ1v) is 11.2. The van der Waals surface area contributed by atoms with Crippen LogP contribution in [0.5, 0.6) is 11.5 Å². The number of hydrogen-bond acceptors (Lipinski definition) is 5. The molecule has 0 saturated carbocycles. The highest BCUT2D eigenvalue weighted by atomic mass is 32.1. The van der Waals surface area contributed by atoms with Crippen molar-refractivity contribution >= 4 is 45.1 Å². The lowest BCUT2D eigenvalue weighted by Gasteiger charge is -2.25. The lowest BCUT2D eigenvalue weighted by Crippen LogP contribution is -2.34. The van der Waals surface area contributed by atoms with Crippen LogP contribution in [0, 0.1) is 0 Å². The molecule has 4 aromatic rings. The molecule has 0 amide bonds. The van der Waals surface area contributed by atoms with E-state index in [1.807, 2.05) is 36.4 Å². The van der Waals surface area contributed by atoms with Crippen LogP contribution in [0.25, 0.3) is 22.1 Å². The second kappa shape index (κ2) is 8.96. The lowest BCUT2D eigenvalue weighted by atomic mass is 10.2. The van der Waals surface area contributed by atoms with Gasteiger partial charge in [0.1, 0.15) is 13.2 Å². The monoisotopic (exact) mass is 444 g/mol.